The summed E-state index contributed by atoms with van der Waals surface area (Å²) in [5.74, 6) is 0.524. The summed E-state index contributed by atoms with van der Waals surface area (Å²) in [5, 5.41) is 3.18. The van der Waals surface area contributed by atoms with E-state index in [4.69, 9.17) is 5.73 Å². The Morgan fingerprint density at radius 3 is 2.50 bits per heavy atom. The number of benzene rings is 1. The molecule has 0 aromatic heterocycles. The van der Waals surface area contributed by atoms with Gasteiger partial charge in [0, 0.05) is 12.2 Å². The number of nitrogens with two attached hydrogens (primary N) is 1. The molecule has 1 fully saturated rings. The summed E-state index contributed by atoms with van der Waals surface area (Å²) in [6, 6.07) is 6.25. The van der Waals surface area contributed by atoms with Gasteiger partial charge in [-0.25, -0.2) is 0 Å². The molecule has 1 aliphatic carbocycles. The van der Waals surface area contributed by atoms with Crippen LogP contribution >= 0.6 is 24.0 Å². The summed E-state index contributed by atoms with van der Waals surface area (Å²) in [7, 11) is 0. The second kappa shape index (κ2) is 7.29. The monoisotopic (exact) mass is 387 g/mol. The minimum absolute atomic E-state index is 0. The third-order valence-electron chi connectivity index (χ3n) is 4.22. The molecule has 4 heteroatoms. The van der Waals surface area contributed by atoms with Gasteiger partial charge in [-0.3, -0.25) is 4.99 Å². The molecule has 0 amide bonds. The fraction of sp³-hybridized carbons (Fsp3) is 0.562. The minimum Gasteiger partial charge on any atom is -0.370 e. The Kier molecular flexibility index (Phi) is 6.30. The van der Waals surface area contributed by atoms with Gasteiger partial charge in [0.1, 0.15) is 0 Å². The van der Waals surface area contributed by atoms with E-state index in [-0.39, 0.29) is 24.0 Å². The van der Waals surface area contributed by atoms with Crippen molar-refractivity contribution in [1.82, 2.24) is 0 Å². The van der Waals surface area contributed by atoms with Crippen molar-refractivity contribution in [2.24, 2.45) is 16.1 Å². The van der Waals surface area contributed by atoms with Gasteiger partial charge in [0.25, 0.3) is 0 Å². The van der Waals surface area contributed by atoms with Crippen LogP contribution in [-0.4, -0.2) is 12.5 Å². The number of nitrogens with zero attached hydrogens (tertiary/aromatic N) is 1. The second-order valence-corrected chi connectivity index (χ2v) is 6.14. The van der Waals surface area contributed by atoms with Gasteiger partial charge in [0.2, 0.25) is 0 Å². The Morgan fingerprint density at radius 2 is 1.90 bits per heavy atom. The van der Waals surface area contributed by atoms with Crippen LogP contribution in [0, 0.1) is 19.3 Å². The van der Waals surface area contributed by atoms with Crippen LogP contribution in [0.2, 0.25) is 0 Å². The molecule has 3 nitrogen and oxygen atoms in total. The first-order chi connectivity index (χ1) is 8.98. The van der Waals surface area contributed by atoms with Crippen LogP contribution in [-0.2, 0) is 0 Å². The van der Waals surface area contributed by atoms with E-state index in [1.807, 2.05) is 6.07 Å². The first kappa shape index (κ1) is 17.3. The average Bonchev–Trinajstić information content (AvgIpc) is 2.79. The predicted molar refractivity (Wildman–Crippen MR) is 98.0 cm³/mol. The van der Waals surface area contributed by atoms with Gasteiger partial charge < -0.3 is 11.1 Å². The first-order valence-electron chi connectivity index (χ1n) is 7.13. The summed E-state index contributed by atoms with van der Waals surface area (Å²) in [6.45, 7) is 7.36. The number of aliphatic imine (C=N–C) groups is 1. The largest absolute Gasteiger partial charge is 0.370 e. The van der Waals surface area contributed by atoms with Crippen molar-refractivity contribution in [2.45, 2.75) is 46.5 Å². The summed E-state index contributed by atoms with van der Waals surface area (Å²) in [6.07, 6.45) is 5.20. The fourth-order valence-electron chi connectivity index (χ4n) is 2.67. The smallest absolute Gasteiger partial charge is 0.193 e. The van der Waals surface area contributed by atoms with E-state index in [1.165, 1.54) is 36.8 Å². The van der Waals surface area contributed by atoms with Crippen LogP contribution in [0.25, 0.3) is 0 Å². The Bertz CT molecular complexity index is 477. The standard InChI is InChI=1S/C16H25N3.HI/c1-12-6-7-14(10-13(12)2)19-15(17)18-11-16(3)8-4-5-9-16;/h6-7,10H,4-5,8-9,11H2,1-3H3,(H3,17,18,19);1H. The highest BCUT2D eigenvalue weighted by Crippen LogP contribution is 2.37. The SMILES string of the molecule is Cc1ccc(NC(N)=NCC2(C)CCCC2)cc1C.I. The summed E-state index contributed by atoms with van der Waals surface area (Å²) >= 11 is 0. The van der Waals surface area contributed by atoms with Crippen LogP contribution in [0.15, 0.2) is 23.2 Å². The number of halogens is 1. The zero-order chi connectivity index (χ0) is 13.9. The molecular weight excluding hydrogens is 361 g/mol. The van der Waals surface area contributed by atoms with Gasteiger partial charge in [0.15, 0.2) is 5.96 Å². The topological polar surface area (TPSA) is 50.4 Å². The molecule has 1 aliphatic rings. The molecule has 1 aromatic rings. The van der Waals surface area contributed by atoms with E-state index in [0.29, 0.717) is 11.4 Å². The maximum absolute atomic E-state index is 5.97. The maximum atomic E-state index is 5.97. The van der Waals surface area contributed by atoms with Crippen LogP contribution < -0.4 is 11.1 Å². The molecular formula is C16H26IN3. The summed E-state index contributed by atoms with van der Waals surface area (Å²) < 4.78 is 0. The third-order valence-corrected chi connectivity index (χ3v) is 4.22. The molecule has 1 saturated carbocycles. The zero-order valence-electron chi connectivity index (χ0n) is 12.7. The van der Waals surface area contributed by atoms with Gasteiger partial charge in [-0.1, -0.05) is 25.8 Å². The molecule has 0 saturated heterocycles. The van der Waals surface area contributed by atoms with E-state index in [2.05, 4.69) is 43.2 Å². The van der Waals surface area contributed by atoms with Gasteiger partial charge in [-0.2, -0.15) is 0 Å². The van der Waals surface area contributed by atoms with E-state index in [1.54, 1.807) is 0 Å². The Morgan fingerprint density at radius 1 is 1.25 bits per heavy atom. The highest BCUT2D eigenvalue weighted by Gasteiger charge is 2.28. The number of hydrogen-bond donors (Lipinski definition) is 2. The third kappa shape index (κ3) is 4.65. The van der Waals surface area contributed by atoms with Crippen LogP contribution in [0.4, 0.5) is 5.69 Å². The van der Waals surface area contributed by atoms with Gasteiger partial charge >= 0.3 is 0 Å². The number of guanidine groups is 1. The lowest BCUT2D eigenvalue weighted by Gasteiger charge is -2.20. The fourth-order valence-corrected chi connectivity index (χ4v) is 2.67. The molecule has 0 unspecified atom stereocenters. The highest BCUT2D eigenvalue weighted by molar-refractivity contribution is 14.0. The number of nitrogens with one attached hydrogen (secondary N) is 1. The number of anilines is 1. The average molecular weight is 387 g/mol. The van der Waals surface area contributed by atoms with Crippen LogP contribution in [0.1, 0.15) is 43.7 Å². The molecule has 3 N–H and O–H groups in total. The van der Waals surface area contributed by atoms with Crippen LogP contribution in [0.5, 0.6) is 0 Å². The van der Waals surface area contributed by atoms with Crippen molar-refractivity contribution >= 4 is 35.6 Å². The molecule has 0 radical (unpaired) electrons. The van der Waals surface area contributed by atoms with Crippen molar-refractivity contribution in [3.05, 3.63) is 29.3 Å². The molecule has 0 aliphatic heterocycles. The molecule has 1 aromatic carbocycles. The lowest BCUT2D eigenvalue weighted by Crippen LogP contribution is -2.25. The quantitative estimate of drug-likeness (QED) is 0.463. The molecule has 0 atom stereocenters. The molecule has 112 valence electrons. The minimum atomic E-state index is 0. The molecule has 0 bridgehead atoms. The summed E-state index contributed by atoms with van der Waals surface area (Å²) in [5.41, 5.74) is 9.90. The van der Waals surface area contributed by atoms with Crippen LogP contribution in [0.3, 0.4) is 0 Å². The number of aryl methyl sites for hydroxylation is 2. The van der Waals surface area contributed by atoms with Crippen molar-refractivity contribution in [1.29, 1.82) is 0 Å². The Hall–Kier alpha value is -0.780. The Balaban J connectivity index is 0.00000200. The summed E-state index contributed by atoms with van der Waals surface area (Å²) in [4.78, 5) is 4.51. The highest BCUT2D eigenvalue weighted by atomic mass is 127. The van der Waals surface area contributed by atoms with Gasteiger partial charge in [-0.15, -0.1) is 24.0 Å². The number of hydrogen-bond acceptors (Lipinski definition) is 1. The van der Waals surface area contributed by atoms with Crippen molar-refractivity contribution in [2.75, 3.05) is 11.9 Å². The molecule has 2 rings (SSSR count). The normalized spacial score (nSPS) is 17.6. The molecule has 0 heterocycles. The molecule has 20 heavy (non-hydrogen) atoms. The first-order valence-corrected chi connectivity index (χ1v) is 7.13. The zero-order valence-corrected chi connectivity index (χ0v) is 15.0. The van der Waals surface area contributed by atoms with Crippen molar-refractivity contribution in [3.8, 4) is 0 Å². The maximum Gasteiger partial charge on any atom is 0.193 e. The molecule has 0 spiro atoms. The lowest BCUT2D eigenvalue weighted by molar-refractivity contribution is 0.351. The second-order valence-electron chi connectivity index (χ2n) is 6.14. The van der Waals surface area contributed by atoms with E-state index < -0.39 is 0 Å². The predicted octanol–water partition coefficient (Wildman–Crippen LogP) is 4.23. The van der Waals surface area contributed by atoms with E-state index in [0.717, 1.165) is 12.2 Å². The van der Waals surface area contributed by atoms with Gasteiger partial charge in [-0.05, 0) is 55.4 Å². The van der Waals surface area contributed by atoms with E-state index in [9.17, 15) is 0 Å². The van der Waals surface area contributed by atoms with Crippen molar-refractivity contribution in [3.63, 3.8) is 0 Å². The van der Waals surface area contributed by atoms with Gasteiger partial charge in [0.05, 0.1) is 0 Å². The number of rotatable bonds is 3. The Labute approximate surface area is 139 Å². The lowest BCUT2D eigenvalue weighted by atomic mass is 9.89. The van der Waals surface area contributed by atoms with Crippen molar-refractivity contribution < 1.29 is 0 Å². The van der Waals surface area contributed by atoms with E-state index >= 15 is 0 Å².